The number of hydrogen-bond donors (Lipinski definition) is 0. The van der Waals surface area contributed by atoms with Crippen molar-refractivity contribution in [3.05, 3.63) is 34.2 Å². The Morgan fingerprint density at radius 3 is 2.76 bits per heavy atom. The lowest BCUT2D eigenvalue weighted by molar-refractivity contribution is 0.354. The molecule has 0 aliphatic carbocycles. The summed E-state index contributed by atoms with van der Waals surface area (Å²) in [4.78, 5) is 18.7. The van der Waals surface area contributed by atoms with Gasteiger partial charge >= 0.3 is 0 Å². The standard InChI is InChI=1S/C18H22N2O3S2/c1-5-11(2)25-18-19-13-8-9-24-16(13)17(21)20(18)12-6-7-14(22-3)15(10-12)23-4/h6-7,10-11H,5,8-9H2,1-4H3/t11-/m0/s1. The first-order chi connectivity index (χ1) is 12.1. The molecule has 0 radical (unpaired) electrons. The van der Waals surface area contributed by atoms with Crippen molar-refractivity contribution in [3.63, 3.8) is 0 Å². The van der Waals surface area contributed by atoms with Gasteiger partial charge in [-0.15, -0.1) is 11.8 Å². The van der Waals surface area contributed by atoms with Crippen LogP contribution in [0.4, 0.5) is 0 Å². The Labute approximate surface area is 156 Å². The van der Waals surface area contributed by atoms with Crippen LogP contribution < -0.4 is 15.0 Å². The molecule has 0 spiro atoms. The Morgan fingerprint density at radius 1 is 1.32 bits per heavy atom. The zero-order valence-electron chi connectivity index (χ0n) is 14.9. The van der Waals surface area contributed by atoms with E-state index >= 15 is 0 Å². The molecule has 1 aromatic carbocycles. The second-order valence-electron chi connectivity index (χ2n) is 5.79. The second-order valence-corrected chi connectivity index (χ2v) is 8.30. The van der Waals surface area contributed by atoms with E-state index in [0.29, 0.717) is 16.7 Å². The monoisotopic (exact) mass is 378 g/mol. The van der Waals surface area contributed by atoms with Gasteiger partial charge in [-0.3, -0.25) is 9.36 Å². The summed E-state index contributed by atoms with van der Waals surface area (Å²) in [7, 11) is 3.19. The molecule has 0 unspecified atom stereocenters. The number of aryl methyl sites for hydroxylation is 1. The van der Waals surface area contributed by atoms with Gasteiger partial charge in [0, 0.05) is 23.5 Å². The van der Waals surface area contributed by atoms with Gasteiger partial charge in [0.1, 0.15) is 0 Å². The zero-order valence-corrected chi connectivity index (χ0v) is 16.5. The van der Waals surface area contributed by atoms with Crippen molar-refractivity contribution >= 4 is 23.5 Å². The molecule has 0 bridgehead atoms. The molecule has 7 heteroatoms. The largest absolute Gasteiger partial charge is 0.493 e. The lowest BCUT2D eigenvalue weighted by atomic mass is 10.2. The summed E-state index contributed by atoms with van der Waals surface area (Å²) in [5.41, 5.74) is 1.68. The first-order valence-electron chi connectivity index (χ1n) is 8.26. The maximum Gasteiger partial charge on any atom is 0.272 e. The molecule has 5 nitrogen and oxygen atoms in total. The number of aromatic nitrogens is 2. The van der Waals surface area contributed by atoms with Crippen LogP contribution in [0.3, 0.4) is 0 Å². The third-order valence-electron chi connectivity index (χ3n) is 4.17. The smallest absolute Gasteiger partial charge is 0.272 e. The fourth-order valence-corrected chi connectivity index (χ4v) is 4.64. The van der Waals surface area contributed by atoms with E-state index in [1.165, 1.54) is 0 Å². The molecular formula is C18H22N2O3S2. The molecule has 1 aliphatic heterocycles. The molecule has 1 atom stereocenters. The Morgan fingerprint density at radius 2 is 2.08 bits per heavy atom. The van der Waals surface area contributed by atoms with Crippen LogP contribution in [0.1, 0.15) is 26.0 Å². The first kappa shape index (κ1) is 18.2. The fraction of sp³-hybridized carbons (Fsp3) is 0.444. The normalized spacial score (nSPS) is 14.2. The summed E-state index contributed by atoms with van der Waals surface area (Å²) in [6.07, 6.45) is 1.87. The number of nitrogens with zero attached hydrogens (tertiary/aromatic N) is 2. The van der Waals surface area contributed by atoms with Crippen LogP contribution in [0.15, 0.2) is 33.0 Å². The molecule has 0 fully saturated rings. The molecule has 0 saturated carbocycles. The SMILES string of the molecule is CC[C@H](C)Sc1nc2c(c(=O)n1-c1ccc(OC)c(OC)c1)SCC2. The van der Waals surface area contributed by atoms with E-state index in [2.05, 4.69) is 13.8 Å². The molecule has 0 N–H and O–H groups in total. The van der Waals surface area contributed by atoms with E-state index in [1.54, 1.807) is 42.3 Å². The van der Waals surface area contributed by atoms with E-state index in [-0.39, 0.29) is 5.56 Å². The highest BCUT2D eigenvalue weighted by Gasteiger charge is 2.23. The Balaban J connectivity index is 2.18. The molecule has 134 valence electrons. The lowest BCUT2D eigenvalue weighted by Crippen LogP contribution is -2.24. The summed E-state index contributed by atoms with van der Waals surface area (Å²) in [6, 6.07) is 5.52. The van der Waals surface area contributed by atoms with E-state index in [4.69, 9.17) is 14.5 Å². The Hall–Kier alpha value is -1.60. The molecule has 2 heterocycles. The number of fused-ring (bicyclic) bond motifs is 1. The average molecular weight is 379 g/mol. The number of methoxy groups -OCH3 is 2. The fourth-order valence-electron chi connectivity index (χ4n) is 2.63. The lowest BCUT2D eigenvalue weighted by Gasteiger charge is -2.17. The van der Waals surface area contributed by atoms with Crippen molar-refractivity contribution in [2.75, 3.05) is 20.0 Å². The number of ether oxygens (including phenoxy) is 2. The van der Waals surface area contributed by atoms with Gasteiger partial charge in [-0.1, -0.05) is 25.6 Å². The van der Waals surface area contributed by atoms with Crippen LogP contribution in [0.2, 0.25) is 0 Å². The van der Waals surface area contributed by atoms with Crippen LogP contribution in [-0.4, -0.2) is 34.8 Å². The maximum absolute atomic E-state index is 13.1. The van der Waals surface area contributed by atoms with E-state index in [1.807, 2.05) is 18.2 Å². The van der Waals surface area contributed by atoms with E-state index in [9.17, 15) is 4.79 Å². The van der Waals surface area contributed by atoms with Crippen LogP contribution in [0.5, 0.6) is 11.5 Å². The third kappa shape index (κ3) is 3.53. The Kier molecular flexibility index (Phi) is 5.64. The second kappa shape index (κ2) is 7.74. The van der Waals surface area contributed by atoms with Crippen LogP contribution in [0, 0.1) is 0 Å². The number of thioether (sulfide) groups is 2. The number of rotatable bonds is 6. The number of benzene rings is 1. The molecule has 1 aliphatic rings. The van der Waals surface area contributed by atoms with Crippen LogP contribution >= 0.6 is 23.5 Å². The van der Waals surface area contributed by atoms with Gasteiger partial charge in [-0.05, 0) is 18.6 Å². The molecule has 1 aromatic heterocycles. The predicted molar refractivity (Wildman–Crippen MR) is 103 cm³/mol. The minimum Gasteiger partial charge on any atom is -0.493 e. The highest BCUT2D eigenvalue weighted by molar-refractivity contribution is 8.00. The third-order valence-corrected chi connectivity index (χ3v) is 6.50. The molecular weight excluding hydrogens is 356 g/mol. The average Bonchev–Trinajstić information content (AvgIpc) is 3.10. The highest BCUT2D eigenvalue weighted by atomic mass is 32.2. The highest BCUT2D eigenvalue weighted by Crippen LogP contribution is 2.34. The van der Waals surface area contributed by atoms with Gasteiger partial charge in [-0.25, -0.2) is 4.98 Å². The minimum absolute atomic E-state index is 0.00511. The summed E-state index contributed by atoms with van der Waals surface area (Å²) >= 11 is 3.23. The summed E-state index contributed by atoms with van der Waals surface area (Å²) in [5.74, 6) is 2.15. The predicted octanol–water partition coefficient (Wildman–Crippen LogP) is 3.79. The van der Waals surface area contributed by atoms with Crippen molar-refractivity contribution in [1.82, 2.24) is 9.55 Å². The van der Waals surface area contributed by atoms with Gasteiger partial charge in [-0.2, -0.15) is 0 Å². The minimum atomic E-state index is 0.00511. The maximum atomic E-state index is 13.1. The quantitative estimate of drug-likeness (QED) is 0.563. The summed E-state index contributed by atoms with van der Waals surface area (Å²) in [5, 5.41) is 1.12. The van der Waals surface area contributed by atoms with Gasteiger partial charge in [0.25, 0.3) is 5.56 Å². The zero-order chi connectivity index (χ0) is 18.0. The van der Waals surface area contributed by atoms with Crippen molar-refractivity contribution in [1.29, 1.82) is 0 Å². The van der Waals surface area contributed by atoms with E-state index < -0.39 is 0 Å². The van der Waals surface area contributed by atoms with Gasteiger partial charge in [0.2, 0.25) is 0 Å². The van der Waals surface area contributed by atoms with Gasteiger partial charge in [0.15, 0.2) is 16.7 Å². The molecule has 25 heavy (non-hydrogen) atoms. The summed E-state index contributed by atoms with van der Waals surface area (Å²) in [6.45, 7) is 4.29. The Bertz CT molecular complexity index is 836. The molecule has 0 saturated heterocycles. The van der Waals surface area contributed by atoms with Gasteiger partial charge < -0.3 is 9.47 Å². The van der Waals surface area contributed by atoms with Crippen molar-refractivity contribution in [2.45, 2.75) is 42.0 Å². The van der Waals surface area contributed by atoms with Crippen molar-refractivity contribution in [3.8, 4) is 17.2 Å². The van der Waals surface area contributed by atoms with Crippen LogP contribution in [0.25, 0.3) is 5.69 Å². The summed E-state index contributed by atoms with van der Waals surface area (Å²) < 4.78 is 12.4. The molecule has 3 rings (SSSR count). The van der Waals surface area contributed by atoms with Crippen molar-refractivity contribution < 1.29 is 9.47 Å². The topological polar surface area (TPSA) is 53.4 Å². The molecule has 0 amide bonds. The van der Waals surface area contributed by atoms with Crippen molar-refractivity contribution in [2.24, 2.45) is 0 Å². The first-order valence-corrected chi connectivity index (χ1v) is 10.1. The van der Waals surface area contributed by atoms with E-state index in [0.717, 1.165) is 40.0 Å². The molecule has 2 aromatic rings. The van der Waals surface area contributed by atoms with Crippen LogP contribution in [-0.2, 0) is 6.42 Å². The number of hydrogen-bond acceptors (Lipinski definition) is 6. The van der Waals surface area contributed by atoms with Gasteiger partial charge in [0.05, 0.1) is 30.5 Å².